The lowest BCUT2D eigenvalue weighted by molar-refractivity contribution is -0.135. The molecule has 2 aliphatic rings. The number of likely N-dealkylation sites (tertiary alicyclic amines) is 1. The molecule has 1 spiro atoms. The highest BCUT2D eigenvalue weighted by Gasteiger charge is 2.42. The molecule has 0 radical (unpaired) electrons. The molecule has 1 aromatic carbocycles. The maximum Gasteiger partial charge on any atom is 0.258 e. The molecule has 1 aromatic heterocycles. The number of nitrogens with zero attached hydrogens (tertiary/aromatic N) is 2. The van der Waals surface area contributed by atoms with Crippen LogP contribution >= 0.6 is 0 Å². The quantitative estimate of drug-likeness (QED) is 0.799. The summed E-state index contributed by atoms with van der Waals surface area (Å²) in [5, 5.41) is 5.77. The van der Waals surface area contributed by atoms with Crippen molar-refractivity contribution in [2.45, 2.75) is 38.5 Å². The van der Waals surface area contributed by atoms with Crippen molar-refractivity contribution in [2.75, 3.05) is 13.1 Å². The van der Waals surface area contributed by atoms with Crippen molar-refractivity contribution in [3.05, 3.63) is 59.4 Å². The fourth-order valence-electron chi connectivity index (χ4n) is 3.78. The Bertz CT molecular complexity index is 978. The van der Waals surface area contributed by atoms with E-state index < -0.39 is 5.72 Å². The lowest BCUT2D eigenvalue weighted by Gasteiger charge is -2.38. The second-order valence-electron chi connectivity index (χ2n) is 7.75. The zero-order valence-corrected chi connectivity index (χ0v) is 16.8. The number of aromatic nitrogens is 1. The van der Waals surface area contributed by atoms with Crippen molar-refractivity contribution in [1.82, 2.24) is 20.5 Å². The Morgan fingerprint density at radius 3 is 2.83 bits per heavy atom. The molecule has 30 heavy (non-hydrogen) atoms. The predicted molar refractivity (Wildman–Crippen MR) is 109 cm³/mol. The van der Waals surface area contributed by atoms with E-state index in [9.17, 15) is 14.4 Å². The van der Waals surface area contributed by atoms with Crippen molar-refractivity contribution in [3.63, 3.8) is 0 Å². The number of hydrogen-bond acceptors (Lipinski definition) is 5. The van der Waals surface area contributed by atoms with E-state index in [2.05, 4.69) is 15.6 Å². The van der Waals surface area contributed by atoms with E-state index in [1.807, 2.05) is 25.1 Å². The summed E-state index contributed by atoms with van der Waals surface area (Å²) in [7, 11) is 0. The molecule has 0 unspecified atom stereocenters. The Hall–Kier alpha value is -3.42. The third-order valence-corrected chi connectivity index (χ3v) is 5.48. The second-order valence-corrected chi connectivity index (χ2v) is 7.75. The van der Waals surface area contributed by atoms with Crippen LogP contribution in [-0.2, 0) is 16.1 Å². The van der Waals surface area contributed by atoms with Gasteiger partial charge in [-0.05, 0) is 36.8 Å². The number of carbonyl (C=O) groups is 3. The summed E-state index contributed by atoms with van der Waals surface area (Å²) in [5.74, 6) is -0.0275. The third-order valence-electron chi connectivity index (χ3n) is 5.48. The van der Waals surface area contributed by atoms with Crippen LogP contribution < -0.4 is 15.4 Å². The molecule has 2 aliphatic heterocycles. The molecule has 8 heteroatoms. The van der Waals surface area contributed by atoms with Gasteiger partial charge in [-0.2, -0.15) is 0 Å². The van der Waals surface area contributed by atoms with Gasteiger partial charge in [-0.3, -0.25) is 19.4 Å². The molecule has 3 heterocycles. The highest BCUT2D eigenvalue weighted by molar-refractivity contribution is 5.98. The molecule has 2 N–H and O–H groups in total. The van der Waals surface area contributed by atoms with Crippen molar-refractivity contribution in [2.24, 2.45) is 0 Å². The van der Waals surface area contributed by atoms with Crippen LogP contribution in [0.5, 0.6) is 5.75 Å². The first kappa shape index (κ1) is 19.9. The van der Waals surface area contributed by atoms with E-state index >= 15 is 0 Å². The van der Waals surface area contributed by atoms with Gasteiger partial charge in [-0.1, -0.05) is 11.6 Å². The number of ether oxygens (including phenoxy) is 1. The summed E-state index contributed by atoms with van der Waals surface area (Å²) in [6.45, 7) is 2.59. The highest BCUT2D eigenvalue weighted by Crippen LogP contribution is 2.34. The minimum absolute atomic E-state index is 0.0241. The maximum absolute atomic E-state index is 12.6. The summed E-state index contributed by atoms with van der Waals surface area (Å²) < 4.78 is 6.16. The first-order chi connectivity index (χ1) is 14.4. The van der Waals surface area contributed by atoms with Gasteiger partial charge >= 0.3 is 0 Å². The Morgan fingerprint density at radius 1 is 1.23 bits per heavy atom. The van der Waals surface area contributed by atoms with E-state index in [-0.39, 0.29) is 30.7 Å². The summed E-state index contributed by atoms with van der Waals surface area (Å²) in [4.78, 5) is 43.0. The van der Waals surface area contributed by atoms with Crippen LogP contribution in [0.25, 0.3) is 0 Å². The first-order valence-electron chi connectivity index (χ1n) is 10.00. The molecule has 2 aromatic rings. The number of amides is 3. The van der Waals surface area contributed by atoms with Gasteiger partial charge in [0.2, 0.25) is 11.8 Å². The number of fused-ring (bicyclic) bond motifs is 1. The van der Waals surface area contributed by atoms with Gasteiger partial charge in [-0.15, -0.1) is 0 Å². The number of rotatable bonds is 4. The van der Waals surface area contributed by atoms with Gasteiger partial charge in [0.15, 0.2) is 5.72 Å². The normalized spacial score (nSPS) is 20.8. The summed E-state index contributed by atoms with van der Waals surface area (Å²) in [6.07, 6.45) is 4.29. The molecule has 1 fully saturated rings. The van der Waals surface area contributed by atoms with Crippen LogP contribution in [0.1, 0.15) is 40.7 Å². The Kier molecular flexibility index (Phi) is 5.39. The zero-order chi connectivity index (χ0) is 21.1. The van der Waals surface area contributed by atoms with Gasteiger partial charge in [0.25, 0.3) is 5.91 Å². The fourth-order valence-corrected chi connectivity index (χ4v) is 3.78. The van der Waals surface area contributed by atoms with Gasteiger partial charge in [0.05, 0.1) is 12.1 Å². The SMILES string of the molecule is Cc1ccc2c(c1)C(=O)N[C@]1(CCC(=O)N(CC(=O)NCc3ccncc3)CC1)O2. The minimum atomic E-state index is -0.933. The average molecular weight is 408 g/mol. The molecule has 0 aliphatic carbocycles. The molecular weight excluding hydrogens is 384 g/mol. The van der Waals surface area contributed by atoms with Crippen LogP contribution in [0.4, 0.5) is 0 Å². The molecular formula is C22H24N4O4. The van der Waals surface area contributed by atoms with E-state index in [0.29, 0.717) is 37.2 Å². The smallest absolute Gasteiger partial charge is 0.258 e. The van der Waals surface area contributed by atoms with Crippen molar-refractivity contribution in [3.8, 4) is 5.75 Å². The molecule has 8 nitrogen and oxygen atoms in total. The lowest BCUT2D eigenvalue weighted by Crippen LogP contribution is -2.56. The number of aryl methyl sites for hydroxylation is 1. The van der Waals surface area contributed by atoms with Crippen molar-refractivity contribution >= 4 is 17.7 Å². The predicted octanol–water partition coefficient (Wildman–Crippen LogP) is 1.54. The summed E-state index contributed by atoms with van der Waals surface area (Å²) in [6, 6.07) is 9.13. The van der Waals surface area contributed by atoms with Crippen LogP contribution in [-0.4, -0.2) is 46.4 Å². The second kappa shape index (κ2) is 8.14. The van der Waals surface area contributed by atoms with E-state index in [1.165, 1.54) is 4.90 Å². The van der Waals surface area contributed by atoms with Crippen LogP contribution in [0.15, 0.2) is 42.7 Å². The fraction of sp³-hybridized carbons (Fsp3) is 0.364. The van der Waals surface area contributed by atoms with Gasteiger partial charge in [-0.25, -0.2) is 0 Å². The topological polar surface area (TPSA) is 101 Å². The van der Waals surface area contributed by atoms with Gasteiger partial charge < -0.3 is 20.3 Å². The van der Waals surface area contributed by atoms with Gasteiger partial charge in [0, 0.05) is 44.7 Å². The minimum Gasteiger partial charge on any atom is -0.467 e. The maximum atomic E-state index is 12.6. The molecule has 1 saturated heterocycles. The van der Waals surface area contributed by atoms with Crippen LogP contribution in [0.3, 0.4) is 0 Å². The number of nitrogens with one attached hydrogen (secondary N) is 2. The Morgan fingerprint density at radius 2 is 2.03 bits per heavy atom. The number of carbonyl (C=O) groups excluding carboxylic acids is 3. The van der Waals surface area contributed by atoms with E-state index in [4.69, 9.17) is 4.74 Å². The zero-order valence-electron chi connectivity index (χ0n) is 16.8. The number of pyridine rings is 1. The lowest BCUT2D eigenvalue weighted by atomic mass is 9.99. The molecule has 3 amide bonds. The third kappa shape index (κ3) is 4.27. The van der Waals surface area contributed by atoms with Gasteiger partial charge in [0.1, 0.15) is 5.75 Å². The standard InChI is InChI=1S/C22H24N4O4/c1-15-2-3-18-17(12-15)21(29)25-22(30-18)7-4-20(28)26(11-8-22)14-19(27)24-13-16-5-9-23-10-6-16/h2-3,5-6,9-10,12H,4,7-8,11,13-14H2,1H3,(H,24,27)(H,25,29)/t22-/m1/s1. The largest absolute Gasteiger partial charge is 0.467 e. The monoisotopic (exact) mass is 408 g/mol. The molecule has 4 rings (SSSR count). The molecule has 0 bridgehead atoms. The average Bonchev–Trinajstić information content (AvgIpc) is 2.88. The van der Waals surface area contributed by atoms with Crippen molar-refractivity contribution in [1.29, 1.82) is 0 Å². The Balaban J connectivity index is 1.39. The number of benzene rings is 1. The number of hydrogen-bond donors (Lipinski definition) is 2. The summed E-state index contributed by atoms with van der Waals surface area (Å²) in [5.41, 5.74) is 1.48. The summed E-state index contributed by atoms with van der Waals surface area (Å²) >= 11 is 0. The molecule has 156 valence electrons. The Labute approximate surface area is 174 Å². The van der Waals surface area contributed by atoms with Crippen LogP contribution in [0, 0.1) is 6.92 Å². The van der Waals surface area contributed by atoms with Crippen LogP contribution in [0.2, 0.25) is 0 Å². The molecule has 0 saturated carbocycles. The molecule has 1 atom stereocenters. The van der Waals surface area contributed by atoms with E-state index in [1.54, 1.807) is 24.5 Å². The van der Waals surface area contributed by atoms with Crippen molar-refractivity contribution < 1.29 is 19.1 Å². The highest BCUT2D eigenvalue weighted by atomic mass is 16.5. The first-order valence-corrected chi connectivity index (χ1v) is 10.00. The van der Waals surface area contributed by atoms with E-state index in [0.717, 1.165) is 11.1 Å².